The highest BCUT2D eigenvalue weighted by molar-refractivity contribution is 7.14. The molecule has 1 aromatic carbocycles. The molecule has 0 fully saturated rings. The van der Waals surface area contributed by atoms with Crippen LogP contribution in [0.5, 0.6) is 0 Å². The van der Waals surface area contributed by atoms with E-state index in [1.807, 2.05) is 18.2 Å². The smallest absolute Gasteiger partial charge is 0.183 e. The minimum absolute atomic E-state index is 0.273. The van der Waals surface area contributed by atoms with E-state index >= 15 is 0 Å². The molecule has 0 saturated carbocycles. The molecule has 1 aromatic heterocycles. The lowest BCUT2D eigenvalue weighted by atomic mass is 10.2. The zero-order chi connectivity index (χ0) is 12.1. The molecule has 2 aromatic rings. The van der Waals surface area contributed by atoms with E-state index in [1.165, 1.54) is 0 Å². The average molecular weight is 248 g/mol. The predicted octanol–water partition coefficient (Wildman–Crippen LogP) is 3.26. The molecule has 0 saturated heterocycles. The summed E-state index contributed by atoms with van der Waals surface area (Å²) in [5.74, 6) is 0. The largest absolute Gasteiger partial charge is 0.383 e. The monoisotopic (exact) mass is 248 g/mol. The maximum absolute atomic E-state index is 5.08. The second kappa shape index (κ2) is 5.80. The van der Waals surface area contributed by atoms with Gasteiger partial charge in [0.25, 0.3) is 0 Å². The van der Waals surface area contributed by atoms with E-state index in [0.29, 0.717) is 6.61 Å². The van der Waals surface area contributed by atoms with Gasteiger partial charge in [-0.25, -0.2) is 4.98 Å². The molecule has 4 heteroatoms. The van der Waals surface area contributed by atoms with Crippen LogP contribution in [0.1, 0.15) is 6.92 Å². The summed E-state index contributed by atoms with van der Waals surface area (Å²) in [5, 5.41) is 6.32. The molecule has 2 rings (SSSR count). The van der Waals surface area contributed by atoms with Crippen LogP contribution in [0.25, 0.3) is 11.3 Å². The van der Waals surface area contributed by atoms with E-state index in [2.05, 4.69) is 34.7 Å². The molecular formula is C13H16N2OS. The Hall–Kier alpha value is -1.39. The van der Waals surface area contributed by atoms with Gasteiger partial charge >= 0.3 is 0 Å². The Kier molecular flexibility index (Phi) is 4.12. The Bertz CT molecular complexity index is 455. The Morgan fingerprint density at radius 2 is 2.12 bits per heavy atom. The lowest BCUT2D eigenvalue weighted by Gasteiger charge is -2.10. The Balaban J connectivity index is 2.06. The number of benzene rings is 1. The Labute approximate surface area is 105 Å². The molecule has 0 aliphatic rings. The van der Waals surface area contributed by atoms with Crippen LogP contribution in [0, 0.1) is 0 Å². The van der Waals surface area contributed by atoms with Crippen molar-refractivity contribution >= 4 is 16.5 Å². The third kappa shape index (κ3) is 3.28. The zero-order valence-corrected chi connectivity index (χ0v) is 10.8. The molecular weight excluding hydrogens is 232 g/mol. The third-order valence-electron chi connectivity index (χ3n) is 2.36. The van der Waals surface area contributed by atoms with E-state index in [1.54, 1.807) is 18.4 Å². The number of methoxy groups -OCH3 is 1. The number of rotatable bonds is 5. The number of aromatic nitrogens is 1. The molecule has 0 amide bonds. The molecule has 17 heavy (non-hydrogen) atoms. The molecule has 90 valence electrons. The fourth-order valence-electron chi connectivity index (χ4n) is 1.58. The van der Waals surface area contributed by atoms with Crippen molar-refractivity contribution in [2.24, 2.45) is 0 Å². The van der Waals surface area contributed by atoms with Crippen molar-refractivity contribution in [1.82, 2.24) is 4.98 Å². The molecule has 0 aliphatic carbocycles. The van der Waals surface area contributed by atoms with Gasteiger partial charge in [-0.1, -0.05) is 30.3 Å². The Morgan fingerprint density at radius 3 is 2.82 bits per heavy atom. The van der Waals surface area contributed by atoms with Gasteiger partial charge in [0.15, 0.2) is 5.13 Å². The van der Waals surface area contributed by atoms with Crippen molar-refractivity contribution in [3.63, 3.8) is 0 Å². The van der Waals surface area contributed by atoms with E-state index in [4.69, 9.17) is 4.74 Å². The highest BCUT2D eigenvalue weighted by Gasteiger charge is 2.06. The fourth-order valence-corrected chi connectivity index (χ4v) is 2.42. The van der Waals surface area contributed by atoms with Gasteiger partial charge in [0.2, 0.25) is 0 Å². The summed E-state index contributed by atoms with van der Waals surface area (Å²) in [7, 11) is 1.70. The van der Waals surface area contributed by atoms with Gasteiger partial charge in [-0.2, -0.15) is 0 Å². The number of anilines is 1. The average Bonchev–Trinajstić information content (AvgIpc) is 2.79. The fraction of sp³-hybridized carbons (Fsp3) is 0.308. The van der Waals surface area contributed by atoms with Crippen LogP contribution in [0.2, 0.25) is 0 Å². The standard InChI is InChI=1S/C13H16N2OS/c1-10(8-16-2)14-13-15-12(9-17-13)11-6-4-3-5-7-11/h3-7,9-10H,8H2,1-2H3,(H,14,15)/t10-/m0/s1. The first kappa shape index (κ1) is 12.1. The van der Waals surface area contributed by atoms with Gasteiger partial charge in [-0.05, 0) is 6.92 Å². The minimum Gasteiger partial charge on any atom is -0.383 e. The number of thiazole rings is 1. The minimum atomic E-state index is 0.273. The highest BCUT2D eigenvalue weighted by Crippen LogP contribution is 2.24. The van der Waals surface area contributed by atoms with Crippen molar-refractivity contribution in [3.8, 4) is 11.3 Å². The van der Waals surface area contributed by atoms with E-state index in [-0.39, 0.29) is 6.04 Å². The molecule has 1 N–H and O–H groups in total. The van der Waals surface area contributed by atoms with Gasteiger partial charge in [-0.15, -0.1) is 11.3 Å². The molecule has 1 heterocycles. The van der Waals surface area contributed by atoms with Gasteiger partial charge in [0.1, 0.15) is 0 Å². The maximum atomic E-state index is 5.08. The van der Waals surface area contributed by atoms with Crippen LogP contribution in [-0.4, -0.2) is 24.7 Å². The normalized spacial score (nSPS) is 12.4. The molecule has 0 spiro atoms. The first-order chi connectivity index (χ1) is 8.29. The van der Waals surface area contributed by atoms with E-state index in [0.717, 1.165) is 16.4 Å². The van der Waals surface area contributed by atoms with Crippen LogP contribution < -0.4 is 5.32 Å². The molecule has 0 unspecified atom stereocenters. The summed E-state index contributed by atoms with van der Waals surface area (Å²) < 4.78 is 5.08. The number of ether oxygens (including phenoxy) is 1. The quantitative estimate of drug-likeness (QED) is 0.882. The predicted molar refractivity (Wildman–Crippen MR) is 72.5 cm³/mol. The van der Waals surface area contributed by atoms with Crippen molar-refractivity contribution in [1.29, 1.82) is 0 Å². The Morgan fingerprint density at radius 1 is 1.35 bits per heavy atom. The second-order valence-corrected chi connectivity index (χ2v) is 4.76. The molecule has 1 atom stereocenters. The topological polar surface area (TPSA) is 34.1 Å². The number of hydrogen-bond acceptors (Lipinski definition) is 4. The molecule has 0 bridgehead atoms. The van der Waals surface area contributed by atoms with Crippen LogP contribution in [0.15, 0.2) is 35.7 Å². The lowest BCUT2D eigenvalue weighted by molar-refractivity contribution is 0.190. The molecule has 0 radical (unpaired) electrons. The van der Waals surface area contributed by atoms with Crippen LogP contribution in [-0.2, 0) is 4.74 Å². The first-order valence-electron chi connectivity index (χ1n) is 5.56. The summed E-state index contributed by atoms with van der Waals surface area (Å²) in [5.41, 5.74) is 2.17. The summed E-state index contributed by atoms with van der Waals surface area (Å²) in [6, 6.07) is 10.5. The lowest BCUT2D eigenvalue weighted by Crippen LogP contribution is -2.20. The number of nitrogens with one attached hydrogen (secondary N) is 1. The van der Waals surface area contributed by atoms with Crippen LogP contribution in [0.3, 0.4) is 0 Å². The summed E-state index contributed by atoms with van der Waals surface area (Å²) in [4.78, 5) is 4.55. The summed E-state index contributed by atoms with van der Waals surface area (Å²) in [6.07, 6.45) is 0. The van der Waals surface area contributed by atoms with Gasteiger partial charge < -0.3 is 10.1 Å². The van der Waals surface area contributed by atoms with Crippen molar-refractivity contribution in [2.45, 2.75) is 13.0 Å². The van der Waals surface area contributed by atoms with E-state index in [9.17, 15) is 0 Å². The highest BCUT2D eigenvalue weighted by atomic mass is 32.1. The molecule has 3 nitrogen and oxygen atoms in total. The van der Waals surface area contributed by atoms with Crippen molar-refractivity contribution in [2.75, 3.05) is 19.0 Å². The van der Waals surface area contributed by atoms with Gasteiger partial charge in [0.05, 0.1) is 12.3 Å². The van der Waals surface area contributed by atoms with Gasteiger partial charge in [-0.3, -0.25) is 0 Å². The zero-order valence-electron chi connectivity index (χ0n) is 10.0. The van der Waals surface area contributed by atoms with E-state index < -0.39 is 0 Å². The maximum Gasteiger partial charge on any atom is 0.183 e. The number of hydrogen-bond donors (Lipinski definition) is 1. The van der Waals surface area contributed by atoms with Crippen molar-refractivity contribution < 1.29 is 4.74 Å². The first-order valence-corrected chi connectivity index (χ1v) is 6.44. The van der Waals surface area contributed by atoms with Crippen LogP contribution >= 0.6 is 11.3 Å². The summed E-state index contributed by atoms with van der Waals surface area (Å²) >= 11 is 1.62. The third-order valence-corrected chi connectivity index (χ3v) is 3.13. The van der Waals surface area contributed by atoms with Crippen LogP contribution in [0.4, 0.5) is 5.13 Å². The SMILES string of the molecule is COC[C@H](C)Nc1nc(-c2ccccc2)cs1. The summed E-state index contributed by atoms with van der Waals surface area (Å²) in [6.45, 7) is 2.76. The number of nitrogens with zero attached hydrogens (tertiary/aromatic N) is 1. The van der Waals surface area contributed by atoms with Gasteiger partial charge in [0, 0.05) is 24.1 Å². The second-order valence-electron chi connectivity index (χ2n) is 3.90. The van der Waals surface area contributed by atoms with Crippen molar-refractivity contribution in [3.05, 3.63) is 35.7 Å². The molecule has 0 aliphatic heterocycles.